The maximum atomic E-state index is 12.1. The average molecular weight is 376 g/mol. The van der Waals surface area contributed by atoms with Gasteiger partial charge in [0.25, 0.3) is 0 Å². The van der Waals surface area contributed by atoms with Crippen LogP contribution in [-0.2, 0) is 11.3 Å². The van der Waals surface area contributed by atoms with Crippen molar-refractivity contribution in [2.24, 2.45) is 5.92 Å². The Kier molecular flexibility index (Phi) is 6.05. The minimum Gasteiger partial charge on any atom is -0.477 e. The molecule has 1 aliphatic heterocycles. The molecule has 0 unspecified atom stereocenters. The van der Waals surface area contributed by atoms with Crippen LogP contribution in [0, 0.1) is 12.8 Å². The van der Waals surface area contributed by atoms with Gasteiger partial charge in [-0.15, -0.1) is 11.3 Å². The van der Waals surface area contributed by atoms with Gasteiger partial charge in [-0.05, 0) is 50.2 Å². The number of nitrogens with zero attached hydrogens (tertiary/aromatic N) is 3. The molecule has 1 aliphatic rings. The number of hydrogen-bond donors (Lipinski definition) is 2. The van der Waals surface area contributed by atoms with E-state index in [-0.39, 0.29) is 10.8 Å². The number of imidazole rings is 1. The molecule has 0 saturated carbocycles. The van der Waals surface area contributed by atoms with Crippen molar-refractivity contribution in [1.29, 1.82) is 0 Å². The van der Waals surface area contributed by atoms with Crippen LogP contribution in [-0.4, -0.2) is 51.1 Å². The lowest BCUT2D eigenvalue weighted by Gasteiger charge is -2.32. The van der Waals surface area contributed by atoms with E-state index in [9.17, 15) is 9.59 Å². The molecule has 0 aliphatic carbocycles. The second kappa shape index (κ2) is 8.46. The zero-order valence-electron chi connectivity index (χ0n) is 14.9. The Morgan fingerprint density at radius 3 is 2.81 bits per heavy atom. The fraction of sp³-hybridized carbons (Fsp3) is 0.500. The van der Waals surface area contributed by atoms with Gasteiger partial charge in [-0.3, -0.25) is 4.79 Å². The largest absolute Gasteiger partial charge is 0.477 e. The standard InChI is InChI=1S/C18H24N4O3S/c1-13-19-6-10-22(13)12-14-2-7-21(8-3-14)9-4-16(23)20-15-5-11-26-17(15)18(24)25/h5-6,10-11,14H,2-4,7-9,12H2,1H3,(H,20,23)(H,24,25). The average Bonchev–Trinajstić information content (AvgIpc) is 3.24. The molecule has 3 rings (SSSR count). The number of hydrogen-bond acceptors (Lipinski definition) is 5. The number of anilines is 1. The van der Waals surface area contributed by atoms with E-state index >= 15 is 0 Å². The SMILES string of the molecule is Cc1nccn1CC1CCN(CCC(=O)Nc2ccsc2C(=O)O)CC1. The Bertz CT molecular complexity index is 762. The van der Waals surface area contributed by atoms with E-state index < -0.39 is 5.97 Å². The molecule has 8 heteroatoms. The number of aromatic nitrogens is 2. The van der Waals surface area contributed by atoms with Crippen LogP contribution >= 0.6 is 11.3 Å². The van der Waals surface area contributed by atoms with Crippen LogP contribution in [0.15, 0.2) is 23.8 Å². The summed E-state index contributed by atoms with van der Waals surface area (Å²) in [7, 11) is 0. The fourth-order valence-electron chi connectivity index (χ4n) is 3.31. The molecule has 0 atom stereocenters. The van der Waals surface area contributed by atoms with Gasteiger partial charge < -0.3 is 19.9 Å². The zero-order chi connectivity index (χ0) is 18.5. The maximum Gasteiger partial charge on any atom is 0.348 e. The minimum atomic E-state index is -1.01. The Hall–Kier alpha value is -2.19. The first-order valence-electron chi connectivity index (χ1n) is 8.83. The number of aromatic carboxylic acids is 1. The number of thiophene rings is 1. The van der Waals surface area contributed by atoms with Crippen molar-refractivity contribution >= 4 is 28.9 Å². The molecule has 1 amide bonds. The van der Waals surface area contributed by atoms with E-state index in [1.807, 2.05) is 19.3 Å². The van der Waals surface area contributed by atoms with Crippen LogP contribution in [0.2, 0.25) is 0 Å². The highest BCUT2D eigenvalue weighted by atomic mass is 32.1. The first-order valence-corrected chi connectivity index (χ1v) is 9.71. The van der Waals surface area contributed by atoms with Crippen molar-refractivity contribution in [3.8, 4) is 0 Å². The molecule has 1 fully saturated rings. The third-order valence-electron chi connectivity index (χ3n) is 4.87. The molecule has 0 aromatic carbocycles. The molecule has 2 aromatic rings. The van der Waals surface area contributed by atoms with E-state index in [4.69, 9.17) is 5.11 Å². The van der Waals surface area contributed by atoms with E-state index in [1.54, 1.807) is 11.4 Å². The summed E-state index contributed by atoms with van der Waals surface area (Å²) >= 11 is 1.12. The lowest BCUT2D eigenvalue weighted by Crippen LogP contribution is -2.36. The van der Waals surface area contributed by atoms with E-state index in [0.717, 1.165) is 49.6 Å². The molecule has 1 saturated heterocycles. The van der Waals surface area contributed by atoms with Gasteiger partial charge in [0.15, 0.2) is 0 Å². The number of carboxylic acids is 1. The lowest BCUT2D eigenvalue weighted by molar-refractivity contribution is -0.116. The maximum absolute atomic E-state index is 12.1. The Balaban J connectivity index is 1.39. The number of aryl methyl sites for hydroxylation is 1. The number of amides is 1. The van der Waals surface area contributed by atoms with Crippen LogP contribution < -0.4 is 5.32 Å². The number of rotatable bonds is 7. The predicted octanol–water partition coefficient (Wildman–Crippen LogP) is 2.69. The normalized spacial score (nSPS) is 15.9. The summed E-state index contributed by atoms with van der Waals surface area (Å²) in [4.78, 5) is 29.9. The first-order chi connectivity index (χ1) is 12.5. The molecule has 3 heterocycles. The fourth-order valence-corrected chi connectivity index (χ4v) is 4.00. The van der Waals surface area contributed by atoms with Gasteiger partial charge in [0.1, 0.15) is 10.7 Å². The van der Waals surface area contributed by atoms with Gasteiger partial charge >= 0.3 is 5.97 Å². The van der Waals surface area contributed by atoms with Gasteiger partial charge in [0.05, 0.1) is 5.69 Å². The Morgan fingerprint density at radius 1 is 1.38 bits per heavy atom. The topological polar surface area (TPSA) is 87.5 Å². The molecule has 0 spiro atoms. The summed E-state index contributed by atoms with van der Waals surface area (Å²) in [6.45, 7) is 5.72. The highest BCUT2D eigenvalue weighted by Crippen LogP contribution is 2.23. The number of carbonyl (C=O) groups is 2. The molecule has 2 aromatic heterocycles. The van der Waals surface area contributed by atoms with Crippen molar-refractivity contribution in [2.45, 2.75) is 32.7 Å². The van der Waals surface area contributed by atoms with Gasteiger partial charge in [0.2, 0.25) is 5.91 Å². The summed E-state index contributed by atoms with van der Waals surface area (Å²) in [5.74, 6) is 0.558. The molecule has 140 valence electrons. The van der Waals surface area contributed by atoms with Gasteiger partial charge in [-0.25, -0.2) is 9.78 Å². The van der Waals surface area contributed by atoms with Crippen LogP contribution in [0.3, 0.4) is 0 Å². The number of carbonyl (C=O) groups excluding carboxylic acids is 1. The summed E-state index contributed by atoms with van der Waals surface area (Å²) < 4.78 is 2.20. The molecule has 7 nitrogen and oxygen atoms in total. The highest BCUT2D eigenvalue weighted by Gasteiger charge is 2.21. The molecule has 0 radical (unpaired) electrons. The van der Waals surface area contributed by atoms with Crippen LogP contribution in [0.1, 0.15) is 34.8 Å². The Labute approximate surface area is 156 Å². The number of piperidine rings is 1. The number of carboxylic acid groups (broad SMARTS) is 1. The Morgan fingerprint density at radius 2 is 2.15 bits per heavy atom. The summed E-state index contributed by atoms with van der Waals surface area (Å²) in [5.41, 5.74) is 0.391. The lowest BCUT2D eigenvalue weighted by atomic mass is 9.96. The van der Waals surface area contributed by atoms with Crippen LogP contribution in [0.4, 0.5) is 5.69 Å². The molecule has 0 bridgehead atoms. The third-order valence-corrected chi connectivity index (χ3v) is 5.78. The molecular formula is C18H24N4O3S. The number of likely N-dealkylation sites (tertiary alicyclic amines) is 1. The quantitative estimate of drug-likeness (QED) is 0.776. The van der Waals surface area contributed by atoms with Crippen LogP contribution in [0.25, 0.3) is 0 Å². The van der Waals surface area contributed by atoms with Crippen LogP contribution in [0.5, 0.6) is 0 Å². The van der Waals surface area contributed by atoms with Crippen molar-refractivity contribution in [3.63, 3.8) is 0 Å². The van der Waals surface area contributed by atoms with Crippen molar-refractivity contribution in [1.82, 2.24) is 14.5 Å². The smallest absolute Gasteiger partial charge is 0.348 e. The summed E-state index contributed by atoms with van der Waals surface area (Å²) in [6, 6.07) is 1.63. The molecule has 2 N–H and O–H groups in total. The monoisotopic (exact) mass is 376 g/mol. The van der Waals surface area contributed by atoms with Crippen molar-refractivity contribution < 1.29 is 14.7 Å². The van der Waals surface area contributed by atoms with Crippen molar-refractivity contribution in [2.75, 3.05) is 25.0 Å². The van der Waals surface area contributed by atoms with Crippen molar-refractivity contribution in [3.05, 3.63) is 34.5 Å². The van der Waals surface area contributed by atoms with Gasteiger partial charge in [0, 0.05) is 31.9 Å². The van der Waals surface area contributed by atoms with E-state index in [1.165, 1.54) is 0 Å². The van der Waals surface area contributed by atoms with Gasteiger partial charge in [-0.1, -0.05) is 0 Å². The third kappa shape index (κ3) is 4.70. The first kappa shape index (κ1) is 18.6. The second-order valence-electron chi connectivity index (χ2n) is 6.68. The number of nitrogens with one attached hydrogen (secondary N) is 1. The van der Waals surface area contributed by atoms with Gasteiger partial charge in [-0.2, -0.15) is 0 Å². The van der Waals surface area contributed by atoms with E-state index in [0.29, 0.717) is 24.6 Å². The molecule has 26 heavy (non-hydrogen) atoms. The predicted molar refractivity (Wildman–Crippen MR) is 101 cm³/mol. The second-order valence-corrected chi connectivity index (χ2v) is 7.59. The zero-order valence-corrected chi connectivity index (χ0v) is 15.7. The summed E-state index contributed by atoms with van der Waals surface area (Å²) in [6.07, 6.45) is 6.48. The summed E-state index contributed by atoms with van der Waals surface area (Å²) in [5, 5.41) is 13.5. The van der Waals surface area contributed by atoms with E-state index in [2.05, 4.69) is 19.8 Å². The highest BCUT2D eigenvalue weighted by molar-refractivity contribution is 7.12. The minimum absolute atomic E-state index is 0.137. The molecular weight excluding hydrogens is 352 g/mol.